The third-order valence-electron chi connectivity index (χ3n) is 14.9. The van der Waals surface area contributed by atoms with Gasteiger partial charge in [0.25, 0.3) is 0 Å². The minimum Gasteiger partial charge on any atom is -0.462 e. The molecule has 0 aromatic heterocycles. The number of unbranched alkanes of at least 4 members (excludes halogenated alkanes) is 39. The number of hydrogen-bond donors (Lipinski definition) is 0. The van der Waals surface area contributed by atoms with Crippen LogP contribution in [0.5, 0.6) is 0 Å². The van der Waals surface area contributed by atoms with E-state index in [1.807, 2.05) is 0 Å². The number of carbonyl (C=O) groups is 3. The second-order valence-electron chi connectivity index (χ2n) is 22.7. The molecular formula is C72H128O6. The smallest absolute Gasteiger partial charge is 0.306 e. The molecule has 0 aliphatic heterocycles. The Bertz CT molecular complexity index is 1440. The van der Waals surface area contributed by atoms with Gasteiger partial charge >= 0.3 is 17.9 Å². The van der Waals surface area contributed by atoms with Gasteiger partial charge in [-0.1, -0.05) is 293 Å². The highest BCUT2D eigenvalue weighted by atomic mass is 16.6. The zero-order chi connectivity index (χ0) is 56.4. The van der Waals surface area contributed by atoms with Crippen molar-refractivity contribution in [1.29, 1.82) is 0 Å². The van der Waals surface area contributed by atoms with E-state index in [9.17, 15) is 14.4 Å². The van der Waals surface area contributed by atoms with Crippen LogP contribution in [0, 0.1) is 0 Å². The number of rotatable bonds is 62. The van der Waals surface area contributed by atoms with Crippen LogP contribution in [0.2, 0.25) is 0 Å². The third-order valence-corrected chi connectivity index (χ3v) is 14.9. The Morgan fingerprint density at radius 1 is 0.269 bits per heavy atom. The van der Waals surface area contributed by atoms with Crippen molar-refractivity contribution in [3.63, 3.8) is 0 Å². The molecule has 0 heterocycles. The van der Waals surface area contributed by atoms with Gasteiger partial charge in [-0.2, -0.15) is 0 Å². The van der Waals surface area contributed by atoms with Crippen molar-refractivity contribution in [2.45, 2.75) is 354 Å². The maximum Gasteiger partial charge on any atom is 0.306 e. The molecule has 6 heteroatoms. The summed E-state index contributed by atoms with van der Waals surface area (Å²) in [5.41, 5.74) is 0. The zero-order valence-electron chi connectivity index (χ0n) is 51.9. The predicted octanol–water partition coefficient (Wildman–Crippen LogP) is 23.3. The maximum atomic E-state index is 12.9. The van der Waals surface area contributed by atoms with E-state index < -0.39 is 6.10 Å². The lowest BCUT2D eigenvalue weighted by Gasteiger charge is -2.18. The van der Waals surface area contributed by atoms with Gasteiger partial charge in [-0.25, -0.2) is 0 Å². The number of ether oxygens (including phenoxy) is 3. The van der Waals surface area contributed by atoms with E-state index in [4.69, 9.17) is 14.2 Å². The van der Waals surface area contributed by atoms with Gasteiger partial charge < -0.3 is 14.2 Å². The van der Waals surface area contributed by atoms with Gasteiger partial charge in [-0.15, -0.1) is 0 Å². The molecule has 0 aliphatic rings. The van der Waals surface area contributed by atoms with Crippen molar-refractivity contribution < 1.29 is 28.6 Å². The highest BCUT2D eigenvalue weighted by molar-refractivity contribution is 5.71. The molecule has 0 bridgehead atoms. The van der Waals surface area contributed by atoms with Gasteiger partial charge in [-0.05, 0) is 109 Å². The monoisotopic (exact) mass is 1090 g/mol. The van der Waals surface area contributed by atoms with Gasteiger partial charge in [0.2, 0.25) is 0 Å². The summed E-state index contributed by atoms with van der Waals surface area (Å²) in [7, 11) is 0. The molecule has 0 rings (SSSR count). The molecule has 0 radical (unpaired) electrons. The molecule has 0 amide bonds. The van der Waals surface area contributed by atoms with E-state index in [2.05, 4.69) is 93.7 Å². The number of carbonyl (C=O) groups excluding carboxylic acids is 3. The van der Waals surface area contributed by atoms with E-state index in [1.165, 1.54) is 218 Å². The lowest BCUT2D eigenvalue weighted by atomic mass is 10.0. The first kappa shape index (κ1) is 74.8. The van der Waals surface area contributed by atoms with Crippen molar-refractivity contribution in [1.82, 2.24) is 0 Å². The lowest BCUT2D eigenvalue weighted by Crippen LogP contribution is -2.30. The number of allylic oxidation sites excluding steroid dienone is 12. The van der Waals surface area contributed by atoms with Crippen LogP contribution in [-0.4, -0.2) is 37.2 Å². The Morgan fingerprint density at radius 3 is 0.821 bits per heavy atom. The first-order valence-electron chi connectivity index (χ1n) is 33.9. The molecular weight excluding hydrogens is 961 g/mol. The van der Waals surface area contributed by atoms with Crippen LogP contribution in [0.3, 0.4) is 0 Å². The summed E-state index contributed by atoms with van der Waals surface area (Å²) in [5.74, 6) is -0.928. The first-order chi connectivity index (χ1) is 38.5. The topological polar surface area (TPSA) is 78.9 Å². The molecule has 1 atom stereocenters. The summed E-state index contributed by atoms with van der Waals surface area (Å²) in [6, 6.07) is 0. The first-order valence-corrected chi connectivity index (χ1v) is 33.9. The van der Waals surface area contributed by atoms with Crippen molar-refractivity contribution in [2.75, 3.05) is 13.2 Å². The quantitative estimate of drug-likeness (QED) is 0.0261. The van der Waals surface area contributed by atoms with E-state index in [0.29, 0.717) is 19.3 Å². The molecule has 78 heavy (non-hydrogen) atoms. The highest BCUT2D eigenvalue weighted by Crippen LogP contribution is 2.17. The van der Waals surface area contributed by atoms with E-state index in [1.54, 1.807) is 0 Å². The third kappa shape index (κ3) is 63.7. The number of esters is 3. The molecule has 0 saturated heterocycles. The largest absolute Gasteiger partial charge is 0.462 e. The number of hydrogen-bond acceptors (Lipinski definition) is 6. The van der Waals surface area contributed by atoms with E-state index in [-0.39, 0.29) is 37.5 Å². The molecule has 0 aromatic carbocycles. The van der Waals surface area contributed by atoms with Gasteiger partial charge in [0, 0.05) is 19.3 Å². The van der Waals surface area contributed by atoms with Crippen molar-refractivity contribution in [2.24, 2.45) is 0 Å². The van der Waals surface area contributed by atoms with Gasteiger partial charge in [-0.3, -0.25) is 14.4 Å². The predicted molar refractivity (Wildman–Crippen MR) is 339 cm³/mol. The average Bonchev–Trinajstić information content (AvgIpc) is 3.44. The molecule has 0 aliphatic carbocycles. The summed E-state index contributed by atoms with van der Waals surface area (Å²) >= 11 is 0. The molecule has 452 valence electrons. The fourth-order valence-corrected chi connectivity index (χ4v) is 9.84. The van der Waals surface area contributed by atoms with E-state index in [0.717, 1.165) is 83.5 Å². The van der Waals surface area contributed by atoms with Gasteiger partial charge in [0.1, 0.15) is 13.2 Å². The van der Waals surface area contributed by atoms with Crippen LogP contribution in [0.4, 0.5) is 0 Å². The molecule has 0 N–H and O–H groups in total. The fraction of sp³-hybridized carbons (Fsp3) is 0.792. The highest BCUT2D eigenvalue weighted by Gasteiger charge is 2.19. The summed E-state index contributed by atoms with van der Waals surface area (Å²) < 4.78 is 16.9. The molecule has 0 saturated carbocycles. The lowest BCUT2D eigenvalue weighted by molar-refractivity contribution is -0.167. The minimum atomic E-state index is -0.800. The summed E-state index contributed by atoms with van der Waals surface area (Å²) in [5, 5.41) is 0. The van der Waals surface area contributed by atoms with Crippen molar-refractivity contribution >= 4 is 17.9 Å². The molecule has 0 fully saturated rings. The van der Waals surface area contributed by atoms with E-state index >= 15 is 0 Å². The zero-order valence-corrected chi connectivity index (χ0v) is 51.9. The van der Waals surface area contributed by atoms with Crippen LogP contribution < -0.4 is 0 Å². The second-order valence-corrected chi connectivity index (χ2v) is 22.7. The molecule has 0 aromatic rings. The molecule has 1 unspecified atom stereocenters. The summed E-state index contributed by atoms with van der Waals surface area (Å²) in [6.45, 7) is 6.51. The summed E-state index contributed by atoms with van der Waals surface area (Å²) in [4.78, 5) is 38.3. The van der Waals surface area contributed by atoms with Crippen LogP contribution >= 0.6 is 0 Å². The Hall–Kier alpha value is -3.15. The molecule has 6 nitrogen and oxygen atoms in total. The Labute approximate surface area is 484 Å². The maximum absolute atomic E-state index is 12.9. The van der Waals surface area contributed by atoms with Gasteiger partial charge in [0.05, 0.1) is 0 Å². The normalized spacial score (nSPS) is 12.5. The van der Waals surface area contributed by atoms with Crippen LogP contribution in [0.1, 0.15) is 348 Å². The van der Waals surface area contributed by atoms with Crippen LogP contribution in [0.15, 0.2) is 72.9 Å². The van der Waals surface area contributed by atoms with Crippen molar-refractivity contribution in [3.05, 3.63) is 72.9 Å². The van der Waals surface area contributed by atoms with Crippen LogP contribution in [0.25, 0.3) is 0 Å². The Morgan fingerprint density at radius 2 is 0.500 bits per heavy atom. The minimum absolute atomic E-state index is 0.0921. The standard InChI is InChI=1S/C72H128O6/c1-4-7-10-13-16-19-22-25-28-29-30-31-32-33-34-35-36-37-38-39-40-41-42-43-45-47-50-53-56-59-62-65-71(74)77-68-69(67-76-70(73)64-61-58-55-52-49-46-27-24-21-18-15-12-9-6-3)78-72(75)66-63-60-57-54-51-48-44-26-23-20-17-14-11-8-5-2/h8,11,17,20,24,26-27,29-30,44,51,54,69H,4-7,9-10,12-16,18-19,21-23,25,28,31-43,45-50,52-53,55-68H2,1-3H3/b11-8-,20-17-,27-24-,30-29-,44-26-,54-51-. The average molecular weight is 1090 g/mol. The van der Waals surface area contributed by atoms with Crippen LogP contribution in [-0.2, 0) is 28.6 Å². The molecule has 0 spiro atoms. The fourth-order valence-electron chi connectivity index (χ4n) is 9.84. The second kappa shape index (κ2) is 66.4. The Balaban J connectivity index is 4.18. The Kier molecular flexibility index (Phi) is 63.7. The van der Waals surface area contributed by atoms with Gasteiger partial charge in [0.15, 0.2) is 6.10 Å². The van der Waals surface area contributed by atoms with Crippen molar-refractivity contribution in [3.8, 4) is 0 Å². The summed E-state index contributed by atoms with van der Waals surface area (Å²) in [6.07, 6.45) is 86.6. The SMILES string of the molecule is CC/C=C\C/C=C\C/C=C\C/C=C\CCCCC(=O)OC(COC(=O)CCCCCCC/C=C\CCCCCCC)COC(=O)CCCCCCCCCCCCCCCCCCCCC/C=C\CCCCCCCCCC.